The van der Waals surface area contributed by atoms with E-state index in [2.05, 4.69) is 22.0 Å². The Morgan fingerprint density at radius 1 is 0.931 bits per heavy atom. The number of benzene rings is 3. The van der Waals surface area contributed by atoms with Gasteiger partial charge in [-0.15, -0.1) is 0 Å². The van der Waals surface area contributed by atoms with Crippen LogP contribution in [0.15, 0.2) is 95.6 Å². The molecule has 29 heavy (non-hydrogen) atoms. The van der Waals surface area contributed by atoms with Gasteiger partial charge in [-0.2, -0.15) is 0 Å². The number of para-hydroxylation sites is 1. The number of rotatable bonds is 4. The predicted molar refractivity (Wildman–Crippen MR) is 121 cm³/mol. The van der Waals surface area contributed by atoms with Gasteiger partial charge in [-0.3, -0.25) is 0 Å². The molecule has 0 fully saturated rings. The third-order valence-corrected chi connectivity index (χ3v) is 7.28. The maximum absolute atomic E-state index is 13.0. The lowest BCUT2D eigenvalue weighted by atomic mass is 9.94. The fraction of sp³-hybridized carbons (Fsp3) is 0.0833. The van der Waals surface area contributed by atoms with Crippen LogP contribution in [0.25, 0.3) is 10.1 Å². The summed E-state index contributed by atoms with van der Waals surface area (Å²) in [6, 6.07) is 24.2. The molecule has 0 saturated carbocycles. The average molecular weight is 467 g/mol. The van der Waals surface area contributed by atoms with E-state index < -0.39 is 9.84 Å². The lowest BCUT2D eigenvalue weighted by Crippen LogP contribution is -2.14. The molecule has 3 aromatic rings. The van der Waals surface area contributed by atoms with Crippen molar-refractivity contribution in [3.8, 4) is 5.75 Å². The third kappa shape index (κ3) is 4.07. The van der Waals surface area contributed by atoms with Crippen molar-refractivity contribution in [3.63, 3.8) is 0 Å². The molecule has 0 bridgehead atoms. The summed E-state index contributed by atoms with van der Waals surface area (Å²) in [6.07, 6.45) is 1.55. The molecule has 1 aliphatic rings. The molecule has 0 saturated heterocycles. The first-order valence-corrected chi connectivity index (χ1v) is 11.6. The number of sulfone groups is 1. The number of halogens is 1. The second kappa shape index (κ2) is 8.01. The minimum absolute atomic E-state index is 0.151. The minimum atomic E-state index is -3.52. The zero-order valence-electron chi connectivity index (χ0n) is 15.8. The van der Waals surface area contributed by atoms with Crippen molar-refractivity contribution in [2.45, 2.75) is 11.8 Å². The highest BCUT2D eigenvalue weighted by atomic mass is 79.9. The van der Waals surface area contributed by atoms with Crippen LogP contribution >= 0.6 is 15.9 Å². The summed E-state index contributed by atoms with van der Waals surface area (Å²) in [5, 5.41) is 0. The number of allylic oxidation sites excluding steroid dienone is 1. The van der Waals surface area contributed by atoms with Crippen LogP contribution in [0.4, 0.5) is 0 Å². The van der Waals surface area contributed by atoms with Crippen LogP contribution in [0.3, 0.4) is 0 Å². The van der Waals surface area contributed by atoms with E-state index in [1.807, 2.05) is 49.4 Å². The normalized spacial score (nSPS) is 15.2. The summed E-state index contributed by atoms with van der Waals surface area (Å²) >= 11 is 3.74. The predicted octanol–water partition coefficient (Wildman–Crippen LogP) is 6.01. The monoisotopic (exact) mass is 466 g/mol. The molecule has 146 valence electrons. The maximum atomic E-state index is 13.0. The molecule has 3 aromatic carbocycles. The molecule has 0 unspecified atom stereocenters. The summed E-state index contributed by atoms with van der Waals surface area (Å²) in [5.41, 5.74) is 4.42. The van der Waals surface area contributed by atoms with Gasteiger partial charge in [0.1, 0.15) is 5.75 Å². The standard InChI is InChI=1S/C24H19BrO3S/c1-17-8-7-9-18(14-17)24(25)23-19(15-28-22-13-6-5-12-21(22)23)16-29(26,27)20-10-3-2-4-11-20/h2-15H,16H2,1H3/b24-23-. The number of ether oxygens (including phenoxy) is 1. The Balaban J connectivity index is 1.85. The Morgan fingerprint density at radius 3 is 2.41 bits per heavy atom. The quantitative estimate of drug-likeness (QED) is 0.472. The van der Waals surface area contributed by atoms with Crippen LogP contribution in [0, 0.1) is 6.92 Å². The van der Waals surface area contributed by atoms with E-state index in [-0.39, 0.29) is 5.75 Å². The van der Waals surface area contributed by atoms with Crippen LogP contribution in [0.1, 0.15) is 16.7 Å². The first-order chi connectivity index (χ1) is 14.0. The highest BCUT2D eigenvalue weighted by molar-refractivity contribution is 9.15. The van der Waals surface area contributed by atoms with Gasteiger partial charge in [0, 0.05) is 21.2 Å². The Labute approximate surface area is 179 Å². The Hall–Kier alpha value is -2.63. The molecule has 0 radical (unpaired) electrons. The van der Waals surface area contributed by atoms with Gasteiger partial charge in [0.05, 0.1) is 16.9 Å². The summed E-state index contributed by atoms with van der Waals surface area (Å²) in [4.78, 5) is 0.297. The van der Waals surface area contributed by atoms with Crippen molar-refractivity contribution in [2.75, 3.05) is 5.75 Å². The lowest BCUT2D eigenvalue weighted by molar-refractivity contribution is 0.470. The average Bonchev–Trinajstić information content (AvgIpc) is 2.73. The Morgan fingerprint density at radius 2 is 1.66 bits per heavy atom. The van der Waals surface area contributed by atoms with Crippen LogP contribution in [-0.2, 0) is 9.84 Å². The molecule has 5 heteroatoms. The molecule has 0 aliphatic carbocycles. The highest BCUT2D eigenvalue weighted by Gasteiger charge is 2.27. The van der Waals surface area contributed by atoms with E-state index in [4.69, 9.17) is 4.74 Å². The van der Waals surface area contributed by atoms with Crippen molar-refractivity contribution < 1.29 is 13.2 Å². The van der Waals surface area contributed by atoms with Gasteiger partial charge in [-0.05, 0) is 46.6 Å². The van der Waals surface area contributed by atoms with Crippen molar-refractivity contribution in [1.82, 2.24) is 0 Å². The number of hydrogen-bond donors (Lipinski definition) is 0. The van der Waals surface area contributed by atoms with E-state index in [1.165, 1.54) is 0 Å². The number of fused-ring (bicyclic) bond motifs is 1. The molecule has 0 amide bonds. The Bertz CT molecular complexity index is 1230. The molecule has 3 nitrogen and oxygen atoms in total. The van der Waals surface area contributed by atoms with Crippen LogP contribution in [0.5, 0.6) is 5.75 Å². The molecule has 0 N–H and O–H groups in total. The van der Waals surface area contributed by atoms with Crippen molar-refractivity contribution in [3.05, 3.63) is 107 Å². The van der Waals surface area contributed by atoms with Crippen LogP contribution < -0.4 is 4.74 Å². The van der Waals surface area contributed by atoms with Gasteiger partial charge >= 0.3 is 0 Å². The van der Waals surface area contributed by atoms with E-state index in [9.17, 15) is 8.42 Å². The smallest absolute Gasteiger partial charge is 0.182 e. The van der Waals surface area contributed by atoms with E-state index in [0.29, 0.717) is 16.2 Å². The van der Waals surface area contributed by atoms with Crippen LogP contribution in [0.2, 0.25) is 0 Å². The number of hydrogen-bond acceptors (Lipinski definition) is 3. The number of aryl methyl sites for hydroxylation is 1. The largest absolute Gasteiger partial charge is 0.464 e. The minimum Gasteiger partial charge on any atom is -0.464 e. The van der Waals surface area contributed by atoms with Crippen molar-refractivity contribution in [1.29, 1.82) is 0 Å². The SMILES string of the molecule is Cc1cccc(/C(Br)=C2\C(CS(=O)(=O)c3ccccc3)=COc3ccccc32)c1. The topological polar surface area (TPSA) is 43.4 Å². The summed E-state index contributed by atoms with van der Waals surface area (Å²) in [6.45, 7) is 2.03. The van der Waals surface area contributed by atoms with E-state index in [1.54, 1.807) is 36.6 Å². The molecule has 0 atom stereocenters. The molecule has 1 aliphatic heterocycles. The summed E-state index contributed by atoms with van der Waals surface area (Å²) in [7, 11) is -3.52. The summed E-state index contributed by atoms with van der Waals surface area (Å²) < 4.78 is 32.7. The van der Waals surface area contributed by atoms with Gasteiger partial charge in [0.25, 0.3) is 0 Å². The molecule has 1 heterocycles. The fourth-order valence-electron chi connectivity index (χ4n) is 3.35. The van der Waals surface area contributed by atoms with Gasteiger partial charge in [0.15, 0.2) is 9.84 Å². The fourth-order valence-corrected chi connectivity index (χ4v) is 5.42. The van der Waals surface area contributed by atoms with Crippen molar-refractivity contribution >= 4 is 35.8 Å². The van der Waals surface area contributed by atoms with E-state index in [0.717, 1.165) is 26.7 Å². The third-order valence-electron chi connectivity index (χ3n) is 4.74. The van der Waals surface area contributed by atoms with Gasteiger partial charge in [0.2, 0.25) is 0 Å². The molecular formula is C24H19BrO3S. The Kier molecular flexibility index (Phi) is 5.43. The van der Waals surface area contributed by atoms with Gasteiger partial charge in [-0.25, -0.2) is 8.42 Å². The van der Waals surface area contributed by atoms with Crippen LogP contribution in [-0.4, -0.2) is 14.2 Å². The second-order valence-corrected chi connectivity index (χ2v) is 9.67. The molecule has 0 spiro atoms. The lowest BCUT2D eigenvalue weighted by Gasteiger charge is -2.22. The zero-order valence-corrected chi connectivity index (χ0v) is 18.2. The van der Waals surface area contributed by atoms with E-state index >= 15 is 0 Å². The van der Waals surface area contributed by atoms with Gasteiger partial charge in [-0.1, -0.05) is 66.2 Å². The molecular weight excluding hydrogens is 448 g/mol. The van der Waals surface area contributed by atoms with Crippen molar-refractivity contribution in [2.24, 2.45) is 0 Å². The summed E-state index contributed by atoms with van der Waals surface area (Å²) in [5.74, 6) is 0.551. The molecule has 4 rings (SSSR count). The first-order valence-electron chi connectivity index (χ1n) is 9.16. The highest BCUT2D eigenvalue weighted by Crippen LogP contribution is 2.43. The molecule has 0 aromatic heterocycles. The second-order valence-electron chi connectivity index (χ2n) is 6.89. The zero-order chi connectivity index (χ0) is 20.4. The maximum Gasteiger partial charge on any atom is 0.182 e. The first kappa shape index (κ1) is 19.7. The van der Waals surface area contributed by atoms with Gasteiger partial charge < -0.3 is 4.74 Å².